The molecule has 0 aromatic heterocycles. The van der Waals surface area contributed by atoms with E-state index in [0.717, 1.165) is 18.6 Å². The van der Waals surface area contributed by atoms with Crippen molar-refractivity contribution in [3.63, 3.8) is 0 Å². The van der Waals surface area contributed by atoms with Crippen LogP contribution in [0, 0.1) is 0 Å². The SMILES string of the molecule is CNC(=O)CSCCCCOCC1COCCOCCOCCO1. The number of unbranched alkanes of at least 4 members (excludes halogenated alkanes) is 1. The summed E-state index contributed by atoms with van der Waals surface area (Å²) in [7, 11) is 1.66. The van der Waals surface area contributed by atoms with Gasteiger partial charge in [-0.05, 0) is 18.6 Å². The first-order chi connectivity index (χ1) is 11.8. The lowest BCUT2D eigenvalue weighted by Crippen LogP contribution is -2.29. The van der Waals surface area contributed by atoms with Crippen LogP contribution in [0.5, 0.6) is 0 Å². The predicted molar refractivity (Wildman–Crippen MR) is 93.6 cm³/mol. The third kappa shape index (κ3) is 13.0. The zero-order valence-corrected chi connectivity index (χ0v) is 15.4. The first kappa shape index (κ1) is 21.7. The Morgan fingerprint density at radius 2 is 1.79 bits per heavy atom. The van der Waals surface area contributed by atoms with Gasteiger partial charge in [0.2, 0.25) is 5.91 Å². The average Bonchev–Trinajstić information content (AvgIpc) is 2.58. The zero-order valence-electron chi connectivity index (χ0n) is 14.6. The molecule has 0 saturated carbocycles. The molecule has 0 radical (unpaired) electrons. The Kier molecular flexibility index (Phi) is 14.5. The van der Waals surface area contributed by atoms with Crippen LogP contribution in [0.25, 0.3) is 0 Å². The average molecular weight is 365 g/mol. The predicted octanol–water partition coefficient (Wildman–Crippen LogP) is 0.711. The van der Waals surface area contributed by atoms with Gasteiger partial charge in [-0.1, -0.05) is 0 Å². The van der Waals surface area contributed by atoms with Crippen molar-refractivity contribution in [3.05, 3.63) is 0 Å². The molecule has 1 N–H and O–H groups in total. The second kappa shape index (κ2) is 16.1. The van der Waals surface area contributed by atoms with Crippen molar-refractivity contribution >= 4 is 17.7 Å². The molecule has 8 heteroatoms. The van der Waals surface area contributed by atoms with Gasteiger partial charge in [0.15, 0.2) is 0 Å². The van der Waals surface area contributed by atoms with E-state index in [2.05, 4.69) is 5.32 Å². The number of hydrogen-bond acceptors (Lipinski definition) is 7. The number of nitrogens with one attached hydrogen (secondary N) is 1. The lowest BCUT2D eigenvalue weighted by Gasteiger charge is -2.19. The molecule has 0 aliphatic carbocycles. The molecule has 1 heterocycles. The minimum Gasteiger partial charge on any atom is -0.379 e. The van der Waals surface area contributed by atoms with Crippen molar-refractivity contribution < 1.29 is 28.5 Å². The van der Waals surface area contributed by atoms with E-state index in [1.165, 1.54) is 0 Å². The lowest BCUT2D eigenvalue weighted by atomic mass is 10.3. The minimum absolute atomic E-state index is 0.0735. The van der Waals surface area contributed by atoms with Crippen molar-refractivity contribution in [1.29, 1.82) is 0 Å². The van der Waals surface area contributed by atoms with E-state index < -0.39 is 0 Å². The number of carbonyl (C=O) groups excluding carboxylic acids is 1. The van der Waals surface area contributed by atoms with E-state index in [1.54, 1.807) is 18.8 Å². The Balaban J connectivity index is 2.00. The second-order valence-electron chi connectivity index (χ2n) is 5.30. The first-order valence-electron chi connectivity index (χ1n) is 8.54. The van der Waals surface area contributed by atoms with E-state index in [0.29, 0.717) is 65.2 Å². The van der Waals surface area contributed by atoms with Gasteiger partial charge in [0.05, 0.1) is 58.6 Å². The van der Waals surface area contributed by atoms with Crippen molar-refractivity contribution in [2.75, 3.05) is 78.0 Å². The fourth-order valence-electron chi connectivity index (χ4n) is 1.93. The molecule has 7 nitrogen and oxygen atoms in total. The van der Waals surface area contributed by atoms with Crippen LogP contribution in [0.1, 0.15) is 12.8 Å². The molecule has 0 spiro atoms. The highest BCUT2D eigenvalue weighted by Gasteiger charge is 2.10. The summed E-state index contributed by atoms with van der Waals surface area (Å²) in [5.74, 6) is 1.57. The number of rotatable bonds is 9. The van der Waals surface area contributed by atoms with Gasteiger partial charge >= 0.3 is 0 Å². The maximum atomic E-state index is 11.1. The highest BCUT2D eigenvalue weighted by Crippen LogP contribution is 2.05. The molecule has 0 aromatic rings. The number of amides is 1. The molecular weight excluding hydrogens is 334 g/mol. The van der Waals surface area contributed by atoms with Crippen LogP contribution in [0.2, 0.25) is 0 Å². The summed E-state index contributed by atoms with van der Waals surface area (Å²) in [5, 5.41) is 2.61. The molecular formula is C16H31NO6S. The van der Waals surface area contributed by atoms with Crippen LogP contribution in [0.3, 0.4) is 0 Å². The number of carbonyl (C=O) groups is 1. The largest absolute Gasteiger partial charge is 0.379 e. The van der Waals surface area contributed by atoms with Crippen molar-refractivity contribution in [2.45, 2.75) is 18.9 Å². The molecule has 24 heavy (non-hydrogen) atoms. The summed E-state index contributed by atoms with van der Waals surface area (Å²) in [6, 6.07) is 0. The number of ether oxygens (including phenoxy) is 5. The third-order valence-electron chi connectivity index (χ3n) is 3.27. The van der Waals surface area contributed by atoms with Gasteiger partial charge in [-0.3, -0.25) is 4.79 Å². The van der Waals surface area contributed by atoms with E-state index >= 15 is 0 Å². The Morgan fingerprint density at radius 1 is 1.08 bits per heavy atom. The van der Waals surface area contributed by atoms with Gasteiger partial charge in [-0.25, -0.2) is 0 Å². The Hall–Kier alpha value is -0.380. The fraction of sp³-hybridized carbons (Fsp3) is 0.938. The summed E-state index contributed by atoms with van der Waals surface area (Å²) >= 11 is 1.65. The van der Waals surface area contributed by atoms with Gasteiger partial charge in [-0.2, -0.15) is 11.8 Å². The molecule has 0 aromatic carbocycles. The van der Waals surface area contributed by atoms with Crippen LogP contribution >= 0.6 is 11.8 Å². The Morgan fingerprint density at radius 3 is 2.54 bits per heavy atom. The van der Waals surface area contributed by atoms with Gasteiger partial charge in [-0.15, -0.1) is 0 Å². The molecule has 142 valence electrons. The maximum Gasteiger partial charge on any atom is 0.229 e. The summed E-state index contributed by atoms with van der Waals surface area (Å²) < 4.78 is 27.7. The van der Waals surface area contributed by atoms with Crippen LogP contribution in [-0.2, 0) is 28.5 Å². The molecule has 1 fully saturated rings. The maximum absolute atomic E-state index is 11.1. The third-order valence-corrected chi connectivity index (χ3v) is 4.32. The van der Waals surface area contributed by atoms with E-state index in [-0.39, 0.29) is 12.0 Å². The molecule has 1 amide bonds. The normalized spacial score (nSPS) is 20.8. The quantitative estimate of drug-likeness (QED) is 0.603. The monoisotopic (exact) mass is 365 g/mol. The highest BCUT2D eigenvalue weighted by atomic mass is 32.2. The van der Waals surface area contributed by atoms with Gasteiger partial charge in [0.25, 0.3) is 0 Å². The Labute approximate surface area is 149 Å². The van der Waals surface area contributed by atoms with Gasteiger partial charge in [0.1, 0.15) is 6.10 Å². The minimum atomic E-state index is -0.0735. The highest BCUT2D eigenvalue weighted by molar-refractivity contribution is 7.99. The van der Waals surface area contributed by atoms with E-state index in [1.807, 2.05) is 0 Å². The summed E-state index contributed by atoms with van der Waals surface area (Å²) in [4.78, 5) is 11.1. The van der Waals surface area contributed by atoms with Crippen LogP contribution < -0.4 is 5.32 Å². The summed E-state index contributed by atoms with van der Waals surface area (Å²) in [5.41, 5.74) is 0. The zero-order chi connectivity index (χ0) is 17.3. The van der Waals surface area contributed by atoms with E-state index in [4.69, 9.17) is 23.7 Å². The van der Waals surface area contributed by atoms with Crippen LogP contribution in [0.15, 0.2) is 0 Å². The molecule has 1 saturated heterocycles. The standard InChI is InChI=1S/C16H31NO6S/c1-17-16(18)14-24-11-3-2-4-21-12-15-13-22-8-7-19-5-6-20-9-10-23-15/h15H,2-14H2,1H3,(H,17,18). The second-order valence-corrected chi connectivity index (χ2v) is 6.41. The van der Waals surface area contributed by atoms with Crippen molar-refractivity contribution in [1.82, 2.24) is 5.32 Å². The molecule has 0 bridgehead atoms. The number of thioether (sulfide) groups is 1. The molecule has 1 aliphatic heterocycles. The summed E-state index contributed by atoms with van der Waals surface area (Å²) in [6.07, 6.45) is 1.94. The number of hydrogen-bond donors (Lipinski definition) is 1. The van der Waals surface area contributed by atoms with Gasteiger partial charge in [0, 0.05) is 13.7 Å². The first-order valence-corrected chi connectivity index (χ1v) is 9.69. The molecule has 1 rings (SSSR count). The van der Waals surface area contributed by atoms with E-state index in [9.17, 15) is 4.79 Å². The van der Waals surface area contributed by atoms with Gasteiger partial charge < -0.3 is 29.0 Å². The topological polar surface area (TPSA) is 75.3 Å². The lowest BCUT2D eigenvalue weighted by molar-refractivity contribution is -0.118. The summed E-state index contributed by atoms with van der Waals surface area (Å²) in [6.45, 7) is 5.13. The molecule has 1 aliphatic rings. The fourth-order valence-corrected chi connectivity index (χ4v) is 2.82. The molecule has 1 atom stereocenters. The molecule has 1 unspecified atom stereocenters. The Bertz CT molecular complexity index is 296. The van der Waals surface area contributed by atoms with Crippen LogP contribution in [-0.4, -0.2) is 90.0 Å². The van der Waals surface area contributed by atoms with Crippen molar-refractivity contribution in [3.8, 4) is 0 Å². The smallest absolute Gasteiger partial charge is 0.229 e. The van der Waals surface area contributed by atoms with Crippen LogP contribution in [0.4, 0.5) is 0 Å². The van der Waals surface area contributed by atoms with Crippen molar-refractivity contribution in [2.24, 2.45) is 0 Å².